The molecular formula is C17H28N6S. The monoisotopic (exact) mass is 348 g/mol. The van der Waals surface area contributed by atoms with E-state index in [2.05, 4.69) is 20.3 Å². The molecule has 0 spiro atoms. The lowest BCUT2D eigenvalue weighted by Crippen LogP contribution is -2.48. The Hall–Kier alpha value is -0.920. The molecule has 4 rings (SSSR count). The second-order valence-electron chi connectivity index (χ2n) is 7.15. The van der Waals surface area contributed by atoms with Gasteiger partial charge in [0, 0.05) is 30.8 Å². The number of aliphatic imine (C=N–C) groups is 1. The summed E-state index contributed by atoms with van der Waals surface area (Å²) in [6.07, 6.45) is 9.88. The van der Waals surface area contributed by atoms with Crippen molar-refractivity contribution in [1.29, 1.82) is 0 Å². The summed E-state index contributed by atoms with van der Waals surface area (Å²) < 4.78 is 2.00. The first-order chi connectivity index (χ1) is 11.8. The second-order valence-corrected chi connectivity index (χ2v) is 7.93. The number of likely N-dealkylation sites (tertiary alicyclic amines) is 1. The van der Waals surface area contributed by atoms with E-state index < -0.39 is 0 Å². The van der Waals surface area contributed by atoms with Crippen LogP contribution in [-0.4, -0.2) is 63.9 Å². The molecule has 1 aromatic rings. The zero-order valence-electron chi connectivity index (χ0n) is 14.6. The summed E-state index contributed by atoms with van der Waals surface area (Å²) in [5.41, 5.74) is 1.33. The van der Waals surface area contributed by atoms with Crippen molar-refractivity contribution in [2.75, 3.05) is 32.4 Å². The highest BCUT2D eigenvalue weighted by atomic mass is 32.2. The van der Waals surface area contributed by atoms with Gasteiger partial charge in [0.15, 0.2) is 0 Å². The largest absolute Gasteiger partial charge is 0.308 e. The van der Waals surface area contributed by atoms with Crippen LogP contribution in [0.2, 0.25) is 0 Å². The number of thioether (sulfide) groups is 1. The fourth-order valence-electron chi connectivity index (χ4n) is 4.22. The van der Waals surface area contributed by atoms with Crippen LogP contribution in [0.5, 0.6) is 0 Å². The van der Waals surface area contributed by atoms with Gasteiger partial charge in [0.25, 0.3) is 0 Å². The first-order valence-corrected chi connectivity index (χ1v) is 10.6. The Bertz CT molecular complexity index is 592. The Morgan fingerprint density at radius 2 is 2.04 bits per heavy atom. The molecule has 1 N–H and O–H groups in total. The number of nitrogens with zero attached hydrogens (tertiary/aromatic N) is 5. The van der Waals surface area contributed by atoms with E-state index in [4.69, 9.17) is 4.99 Å². The Morgan fingerprint density at radius 1 is 1.17 bits per heavy atom. The van der Waals surface area contributed by atoms with E-state index in [0.717, 1.165) is 24.2 Å². The third-order valence-corrected chi connectivity index (χ3v) is 6.06. The molecular weight excluding hydrogens is 320 g/mol. The summed E-state index contributed by atoms with van der Waals surface area (Å²) >= 11 is 1.59. The molecule has 1 aromatic heterocycles. The highest BCUT2D eigenvalue weighted by Crippen LogP contribution is 2.31. The molecule has 7 heteroatoms. The van der Waals surface area contributed by atoms with Gasteiger partial charge >= 0.3 is 0 Å². The SMILES string of the molecule is CSc1nc2n(n1)CC1CCCC(NCCN3CCCCC3)C1=N2. The molecule has 2 atom stereocenters. The standard InChI is InChI=1S/C17H28N6S/c1-24-17-20-16-19-15-13(12-23(16)21-17)6-5-7-14(15)18-8-11-22-9-3-2-4-10-22/h13-14,18H,2-12H2,1H3. The first-order valence-electron chi connectivity index (χ1n) is 9.36. The van der Waals surface area contributed by atoms with Crippen LogP contribution in [0, 0.1) is 5.92 Å². The van der Waals surface area contributed by atoms with Crippen LogP contribution in [-0.2, 0) is 6.54 Å². The second kappa shape index (κ2) is 7.54. The maximum Gasteiger partial charge on any atom is 0.248 e. The van der Waals surface area contributed by atoms with Crippen molar-refractivity contribution in [2.45, 2.75) is 56.3 Å². The van der Waals surface area contributed by atoms with Crippen LogP contribution in [0.25, 0.3) is 0 Å². The highest BCUT2D eigenvalue weighted by Gasteiger charge is 2.33. The van der Waals surface area contributed by atoms with Gasteiger partial charge in [-0.15, -0.1) is 5.10 Å². The molecule has 0 amide bonds. The third kappa shape index (κ3) is 3.53. The van der Waals surface area contributed by atoms with E-state index in [1.807, 2.05) is 10.9 Å². The van der Waals surface area contributed by atoms with Crippen molar-refractivity contribution in [2.24, 2.45) is 10.9 Å². The summed E-state index contributed by atoms with van der Waals surface area (Å²) in [6, 6.07) is 0.428. The van der Waals surface area contributed by atoms with Crippen molar-refractivity contribution in [3.63, 3.8) is 0 Å². The van der Waals surface area contributed by atoms with Crippen molar-refractivity contribution >= 4 is 23.4 Å². The molecule has 2 unspecified atom stereocenters. The predicted molar refractivity (Wildman–Crippen MR) is 98.3 cm³/mol. The van der Waals surface area contributed by atoms with E-state index in [1.165, 1.54) is 63.9 Å². The van der Waals surface area contributed by atoms with Gasteiger partial charge in [-0.1, -0.05) is 24.6 Å². The van der Waals surface area contributed by atoms with Gasteiger partial charge in [0.05, 0.1) is 6.54 Å². The number of nitrogens with one attached hydrogen (secondary N) is 1. The lowest BCUT2D eigenvalue weighted by molar-refractivity contribution is 0.226. The molecule has 0 bridgehead atoms. The normalized spacial score (nSPS) is 27.5. The number of aromatic nitrogens is 3. The lowest BCUT2D eigenvalue weighted by Gasteiger charge is -2.35. The Labute approximate surface area is 148 Å². The van der Waals surface area contributed by atoms with Crippen molar-refractivity contribution in [3.8, 4) is 0 Å². The van der Waals surface area contributed by atoms with Gasteiger partial charge in [0.1, 0.15) is 0 Å². The molecule has 3 aliphatic rings. The summed E-state index contributed by atoms with van der Waals surface area (Å²) in [7, 11) is 0. The van der Waals surface area contributed by atoms with Crippen LogP contribution >= 0.6 is 11.8 Å². The fourth-order valence-corrected chi connectivity index (χ4v) is 4.57. The van der Waals surface area contributed by atoms with Gasteiger partial charge in [0.2, 0.25) is 11.1 Å². The maximum absolute atomic E-state index is 4.90. The Kier molecular flexibility index (Phi) is 5.20. The summed E-state index contributed by atoms with van der Waals surface area (Å²) in [5, 5.41) is 9.16. The van der Waals surface area contributed by atoms with Crippen LogP contribution < -0.4 is 5.32 Å². The highest BCUT2D eigenvalue weighted by molar-refractivity contribution is 7.98. The first kappa shape index (κ1) is 16.5. The van der Waals surface area contributed by atoms with Crippen LogP contribution in [0.15, 0.2) is 10.1 Å². The molecule has 1 aliphatic carbocycles. The minimum absolute atomic E-state index is 0.428. The molecule has 1 saturated carbocycles. The van der Waals surface area contributed by atoms with Crippen molar-refractivity contribution in [3.05, 3.63) is 0 Å². The molecule has 132 valence electrons. The topological polar surface area (TPSA) is 58.3 Å². The Balaban J connectivity index is 1.39. The van der Waals surface area contributed by atoms with E-state index in [0.29, 0.717) is 12.0 Å². The molecule has 1 saturated heterocycles. The van der Waals surface area contributed by atoms with Crippen molar-refractivity contribution < 1.29 is 0 Å². The zero-order chi connectivity index (χ0) is 16.4. The maximum atomic E-state index is 4.90. The minimum Gasteiger partial charge on any atom is -0.308 e. The Morgan fingerprint density at radius 3 is 2.88 bits per heavy atom. The number of fused-ring (bicyclic) bond motifs is 2. The molecule has 0 radical (unpaired) electrons. The van der Waals surface area contributed by atoms with Gasteiger partial charge in [-0.05, 0) is 45.0 Å². The quantitative estimate of drug-likeness (QED) is 0.828. The van der Waals surface area contributed by atoms with E-state index in [9.17, 15) is 0 Å². The molecule has 2 aliphatic heterocycles. The fraction of sp³-hybridized carbons (Fsp3) is 0.824. The van der Waals surface area contributed by atoms with Gasteiger partial charge in [-0.3, -0.25) is 0 Å². The molecule has 2 fully saturated rings. The smallest absolute Gasteiger partial charge is 0.248 e. The molecule has 0 aromatic carbocycles. The van der Waals surface area contributed by atoms with Crippen LogP contribution in [0.3, 0.4) is 0 Å². The molecule has 24 heavy (non-hydrogen) atoms. The minimum atomic E-state index is 0.428. The van der Waals surface area contributed by atoms with Crippen LogP contribution in [0.4, 0.5) is 5.95 Å². The third-order valence-electron chi connectivity index (χ3n) is 5.53. The van der Waals surface area contributed by atoms with Crippen LogP contribution in [0.1, 0.15) is 38.5 Å². The summed E-state index contributed by atoms with van der Waals surface area (Å²) in [4.78, 5) is 12.0. The van der Waals surface area contributed by atoms with Crippen molar-refractivity contribution in [1.82, 2.24) is 25.0 Å². The average molecular weight is 349 g/mol. The molecule has 3 heterocycles. The zero-order valence-corrected chi connectivity index (χ0v) is 15.4. The predicted octanol–water partition coefficient (Wildman–Crippen LogP) is 2.33. The van der Waals surface area contributed by atoms with Gasteiger partial charge in [-0.2, -0.15) is 4.98 Å². The number of hydrogen-bond acceptors (Lipinski definition) is 6. The van der Waals surface area contributed by atoms with E-state index >= 15 is 0 Å². The number of rotatable bonds is 5. The van der Waals surface area contributed by atoms with Gasteiger partial charge in [-0.25, -0.2) is 9.67 Å². The number of hydrogen-bond donors (Lipinski definition) is 1. The number of piperidine rings is 1. The summed E-state index contributed by atoms with van der Waals surface area (Å²) in [5.74, 6) is 1.34. The molecule has 6 nitrogen and oxygen atoms in total. The van der Waals surface area contributed by atoms with E-state index in [1.54, 1.807) is 11.8 Å². The average Bonchev–Trinajstić information content (AvgIpc) is 3.03. The summed E-state index contributed by atoms with van der Waals surface area (Å²) in [6.45, 7) is 5.74. The lowest BCUT2D eigenvalue weighted by atomic mass is 9.83. The van der Waals surface area contributed by atoms with E-state index in [-0.39, 0.29) is 0 Å². The van der Waals surface area contributed by atoms with Gasteiger partial charge < -0.3 is 10.2 Å².